The summed E-state index contributed by atoms with van der Waals surface area (Å²) < 4.78 is 4.82. The van der Waals surface area contributed by atoms with E-state index in [-0.39, 0.29) is 6.61 Å². The van der Waals surface area contributed by atoms with Crippen LogP contribution in [0.5, 0.6) is 0 Å². The number of aliphatic hydroxyl groups is 4. The van der Waals surface area contributed by atoms with Crippen LogP contribution in [0, 0.1) is 0 Å². The third-order valence-electron chi connectivity index (χ3n) is 1.76. The molecule has 1 saturated heterocycles. The SMILES string of the molecule is OC[C@H](O)[C@H]1OC[C@H](O)[C@@H]1O. The van der Waals surface area contributed by atoms with Crippen molar-refractivity contribution in [3.05, 3.63) is 0 Å². The van der Waals surface area contributed by atoms with Crippen molar-refractivity contribution in [1.82, 2.24) is 0 Å². The lowest BCUT2D eigenvalue weighted by atomic mass is 10.1. The number of hydrogen-bond donors (Lipinski definition) is 4. The van der Waals surface area contributed by atoms with E-state index in [0.717, 1.165) is 0 Å². The van der Waals surface area contributed by atoms with Crippen LogP contribution >= 0.6 is 0 Å². The summed E-state index contributed by atoms with van der Waals surface area (Å²) in [6.45, 7) is -0.475. The van der Waals surface area contributed by atoms with Gasteiger partial charge in [0, 0.05) is 0 Å². The van der Waals surface area contributed by atoms with Gasteiger partial charge in [-0.15, -0.1) is 0 Å². The molecule has 1 rings (SSSR count). The summed E-state index contributed by atoms with van der Waals surface area (Å²) in [5.41, 5.74) is 0. The Morgan fingerprint density at radius 3 is 2.45 bits per heavy atom. The zero-order chi connectivity index (χ0) is 8.43. The lowest BCUT2D eigenvalue weighted by Gasteiger charge is -2.18. The minimum atomic E-state index is -1.12. The molecule has 1 heterocycles. The molecule has 11 heavy (non-hydrogen) atoms. The second-order valence-electron chi connectivity index (χ2n) is 2.61. The highest BCUT2D eigenvalue weighted by molar-refractivity contribution is 4.87. The fourth-order valence-corrected chi connectivity index (χ4v) is 1.07. The van der Waals surface area contributed by atoms with Crippen molar-refractivity contribution in [2.75, 3.05) is 13.2 Å². The van der Waals surface area contributed by atoms with E-state index in [1.807, 2.05) is 0 Å². The first-order valence-electron chi connectivity index (χ1n) is 3.43. The average Bonchev–Trinajstić information content (AvgIpc) is 2.32. The molecule has 1 fully saturated rings. The molecule has 0 saturated carbocycles. The fourth-order valence-electron chi connectivity index (χ4n) is 1.07. The molecule has 0 aromatic heterocycles. The van der Waals surface area contributed by atoms with E-state index in [4.69, 9.17) is 25.2 Å². The highest BCUT2D eigenvalue weighted by Gasteiger charge is 2.38. The molecule has 4 atom stereocenters. The lowest BCUT2D eigenvalue weighted by Crippen LogP contribution is -2.40. The maximum Gasteiger partial charge on any atom is 0.114 e. The maximum atomic E-state index is 9.11. The van der Waals surface area contributed by atoms with Crippen LogP contribution in [0.3, 0.4) is 0 Å². The third-order valence-corrected chi connectivity index (χ3v) is 1.76. The molecular weight excluding hydrogens is 152 g/mol. The molecule has 1 aliphatic rings. The van der Waals surface area contributed by atoms with E-state index in [1.54, 1.807) is 0 Å². The van der Waals surface area contributed by atoms with Crippen molar-refractivity contribution in [3.8, 4) is 0 Å². The van der Waals surface area contributed by atoms with Gasteiger partial charge in [0.25, 0.3) is 0 Å². The van der Waals surface area contributed by atoms with Gasteiger partial charge in [0.2, 0.25) is 0 Å². The molecule has 66 valence electrons. The molecule has 0 unspecified atom stereocenters. The monoisotopic (exact) mass is 164 g/mol. The van der Waals surface area contributed by atoms with Gasteiger partial charge in [0.15, 0.2) is 0 Å². The van der Waals surface area contributed by atoms with Crippen molar-refractivity contribution >= 4 is 0 Å². The maximum absolute atomic E-state index is 9.11. The van der Waals surface area contributed by atoms with Crippen LogP contribution in [0.1, 0.15) is 0 Å². The second-order valence-corrected chi connectivity index (χ2v) is 2.61. The molecule has 0 bridgehead atoms. The van der Waals surface area contributed by atoms with Crippen LogP contribution in [0.15, 0.2) is 0 Å². The molecule has 0 aliphatic carbocycles. The van der Waals surface area contributed by atoms with Gasteiger partial charge in [-0.25, -0.2) is 0 Å². The minimum Gasteiger partial charge on any atom is -0.394 e. The molecule has 0 spiro atoms. The van der Waals surface area contributed by atoms with Crippen molar-refractivity contribution in [3.63, 3.8) is 0 Å². The second kappa shape index (κ2) is 3.46. The van der Waals surface area contributed by atoms with Gasteiger partial charge in [-0.3, -0.25) is 0 Å². The standard InChI is InChI=1S/C6H12O5/c7-1-3(8)6-5(10)4(9)2-11-6/h3-10H,1-2H2/t3-,4-,5-,6+/m0/s1. The van der Waals surface area contributed by atoms with E-state index in [0.29, 0.717) is 0 Å². The Bertz CT molecular complexity index is 128. The van der Waals surface area contributed by atoms with Crippen molar-refractivity contribution in [2.24, 2.45) is 0 Å². The Labute approximate surface area is 63.8 Å². The highest BCUT2D eigenvalue weighted by atomic mass is 16.5. The number of ether oxygens (including phenoxy) is 1. The van der Waals surface area contributed by atoms with Crippen molar-refractivity contribution in [1.29, 1.82) is 0 Å². The van der Waals surface area contributed by atoms with Crippen molar-refractivity contribution in [2.45, 2.75) is 24.4 Å². The highest BCUT2D eigenvalue weighted by Crippen LogP contribution is 2.16. The third kappa shape index (κ3) is 1.69. The topological polar surface area (TPSA) is 90.2 Å². The van der Waals surface area contributed by atoms with E-state index in [1.165, 1.54) is 0 Å². The number of hydrogen-bond acceptors (Lipinski definition) is 5. The molecule has 1 aliphatic heterocycles. The lowest BCUT2D eigenvalue weighted by molar-refractivity contribution is -0.0684. The number of aliphatic hydroxyl groups excluding tert-OH is 4. The first-order valence-corrected chi connectivity index (χ1v) is 3.43. The summed E-state index contributed by atoms with van der Waals surface area (Å²) in [5, 5.41) is 35.5. The van der Waals surface area contributed by atoms with E-state index in [9.17, 15) is 0 Å². The Morgan fingerprint density at radius 1 is 1.45 bits per heavy atom. The van der Waals surface area contributed by atoms with Crippen LogP contribution < -0.4 is 0 Å². The fraction of sp³-hybridized carbons (Fsp3) is 1.00. The summed E-state index contributed by atoms with van der Waals surface area (Å²) in [7, 11) is 0. The Hall–Kier alpha value is -0.200. The largest absolute Gasteiger partial charge is 0.394 e. The first kappa shape index (κ1) is 8.89. The summed E-state index contributed by atoms with van der Waals surface area (Å²) in [5.74, 6) is 0. The van der Waals surface area contributed by atoms with Gasteiger partial charge in [-0.05, 0) is 0 Å². The first-order chi connectivity index (χ1) is 5.16. The predicted molar refractivity (Wildman–Crippen MR) is 34.8 cm³/mol. The molecule has 4 N–H and O–H groups in total. The summed E-state index contributed by atoms with van der Waals surface area (Å²) in [4.78, 5) is 0. The Balaban J connectivity index is 2.47. The summed E-state index contributed by atoms with van der Waals surface area (Å²) >= 11 is 0. The van der Waals surface area contributed by atoms with Gasteiger partial charge < -0.3 is 25.2 Å². The molecule has 5 heteroatoms. The molecule has 0 aromatic rings. The Kier molecular flexibility index (Phi) is 2.80. The van der Waals surface area contributed by atoms with Crippen LogP contribution in [0.4, 0.5) is 0 Å². The minimum absolute atomic E-state index is 0.00287. The van der Waals surface area contributed by atoms with Gasteiger partial charge in [-0.1, -0.05) is 0 Å². The van der Waals surface area contributed by atoms with Crippen LogP contribution in [-0.4, -0.2) is 58.1 Å². The molecule has 0 aromatic carbocycles. The summed E-state index contributed by atoms with van der Waals surface area (Å²) in [6.07, 6.45) is -4.05. The van der Waals surface area contributed by atoms with Gasteiger partial charge in [0.05, 0.1) is 13.2 Å². The van der Waals surface area contributed by atoms with E-state index in [2.05, 4.69) is 0 Å². The van der Waals surface area contributed by atoms with Crippen molar-refractivity contribution < 1.29 is 25.2 Å². The van der Waals surface area contributed by atoms with Crippen LogP contribution in [0.2, 0.25) is 0 Å². The predicted octanol–water partition coefficient (Wildman–Crippen LogP) is -2.54. The van der Waals surface area contributed by atoms with Crippen LogP contribution in [0.25, 0.3) is 0 Å². The van der Waals surface area contributed by atoms with Crippen LogP contribution in [-0.2, 0) is 4.74 Å². The zero-order valence-electron chi connectivity index (χ0n) is 5.92. The molecular formula is C6H12O5. The normalized spacial score (nSPS) is 40.9. The number of rotatable bonds is 2. The molecule has 0 radical (unpaired) electrons. The molecule has 0 amide bonds. The smallest absolute Gasteiger partial charge is 0.114 e. The van der Waals surface area contributed by atoms with Gasteiger partial charge in [-0.2, -0.15) is 0 Å². The van der Waals surface area contributed by atoms with E-state index >= 15 is 0 Å². The zero-order valence-corrected chi connectivity index (χ0v) is 5.92. The average molecular weight is 164 g/mol. The Morgan fingerprint density at radius 2 is 2.09 bits per heavy atom. The molecule has 5 nitrogen and oxygen atoms in total. The summed E-state index contributed by atoms with van der Waals surface area (Å²) in [6, 6.07) is 0. The van der Waals surface area contributed by atoms with Gasteiger partial charge in [0.1, 0.15) is 24.4 Å². The van der Waals surface area contributed by atoms with E-state index < -0.39 is 31.0 Å². The van der Waals surface area contributed by atoms with Gasteiger partial charge >= 0.3 is 0 Å². The quantitative estimate of drug-likeness (QED) is 0.361.